The average molecular weight is 611 g/mol. The maximum atomic E-state index is 12.0. The standard InChI is InChI=1S/C14H26N6.C11H10F2N2O.C6H6.C2H6/c15-12-9-10(13(16)14(19-12)20-17)5-4-8-18-11-6-2-1-3-7-11;12-11(13)16-10-4-1-3-9(7-10)8-15-6-2-5-14-15;1-2-4-6-5-3-1;1-2/h9,11,18H,1-8,16-17H2,(H3,15,19,20);1-7,11H,8H2;1-6H;1-2H3. The predicted octanol–water partition coefficient (Wildman–Crippen LogP) is 6.63. The number of aromatic nitrogens is 3. The summed E-state index contributed by atoms with van der Waals surface area (Å²) in [4.78, 5) is 4.05. The molecule has 0 radical (unpaired) electrons. The van der Waals surface area contributed by atoms with Gasteiger partial charge in [0, 0.05) is 18.4 Å². The third-order valence-electron chi connectivity index (χ3n) is 6.66. The second-order valence-electron chi connectivity index (χ2n) is 9.89. The number of nitrogen functional groups attached to an aromatic ring is 3. The van der Waals surface area contributed by atoms with Crippen LogP contribution >= 0.6 is 0 Å². The molecule has 4 aromatic rings. The van der Waals surface area contributed by atoms with Gasteiger partial charge in [-0.1, -0.05) is 81.6 Å². The quantitative estimate of drug-likeness (QED) is 0.0765. The van der Waals surface area contributed by atoms with Crippen LogP contribution in [0.3, 0.4) is 0 Å². The lowest BCUT2D eigenvalue weighted by molar-refractivity contribution is -0.0498. The number of nitrogens with one attached hydrogen (secondary N) is 2. The van der Waals surface area contributed by atoms with Gasteiger partial charge in [-0.3, -0.25) is 4.68 Å². The Balaban J connectivity index is 0.000000250. The van der Waals surface area contributed by atoms with E-state index in [1.165, 1.54) is 38.2 Å². The van der Waals surface area contributed by atoms with E-state index in [1.54, 1.807) is 35.3 Å². The molecule has 9 nitrogen and oxygen atoms in total. The summed E-state index contributed by atoms with van der Waals surface area (Å²) in [7, 11) is 0. The number of pyridine rings is 1. The first kappa shape index (κ1) is 36.0. The number of nitrogens with zero attached hydrogens (tertiary/aromatic N) is 3. The Morgan fingerprint density at radius 3 is 2.23 bits per heavy atom. The molecule has 1 fully saturated rings. The van der Waals surface area contributed by atoms with Crippen LogP contribution in [0.25, 0.3) is 0 Å². The summed E-state index contributed by atoms with van der Waals surface area (Å²) in [6.45, 7) is 2.76. The first-order valence-corrected chi connectivity index (χ1v) is 15.2. The summed E-state index contributed by atoms with van der Waals surface area (Å²) in [6.07, 6.45) is 12.1. The number of aryl methyl sites for hydroxylation is 1. The van der Waals surface area contributed by atoms with Gasteiger partial charge in [-0.15, -0.1) is 0 Å². The third-order valence-corrected chi connectivity index (χ3v) is 6.66. The third kappa shape index (κ3) is 14.3. The van der Waals surface area contributed by atoms with E-state index >= 15 is 0 Å². The van der Waals surface area contributed by atoms with E-state index in [2.05, 4.69) is 25.6 Å². The fourth-order valence-corrected chi connectivity index (χ4v) is 4.62. The van der Waals surface area contributed by atoms with Crippen molar-refractivity contribution in [2.24, 2.45) is 5.84 Å². The lowest BCUT2D eigenvalue weighted by Gasteiger charge is -2.22. The molecule has 1 aliphatic carbocycles. The normalized spacial score (nSPS) is 12.5. The summed E-state index contributed by atoms with van der Waals surface area (Å²) in [5, 5.41) is 7.66. The zero-order valence-electron chi connectivity index (χ0n) is 25.8. The van der Waals surface area contributed by atoms with Gasteiger partial charge in [0.05, 0.1) is 12.2 Å². The number of ether oxygens (including phenoxy) is 1. The lowest BCUT2D eigenvalue weighted by Crippen LogP contribution is -2.31. The zero-order valence-corrected chi connectivity index (χ0v) is 25.8. The van der Waals surface area contributed by atoms with Crippen molar-refractivity contribution in [2.45, 2.75) is 78.0 Å². The number of hydrazine groups is 1. The highest BCUT2D eigenvalue weighted by Gasteiger charge is 2.12. The fourth-order valence-electron chi connectivity index (χ4n) is 4.62. The molecule has 2 aromatic heterocycles. The molecule has 0 aliphatic heterocycles. The lowest BCUT2D eigenvalue weighted by atomic mass is 9.95. The molecule has 0 amide bonds. The van der Waals surface area contributed by atoms with Gasteiger partial charge in [-0.05, 0) is 67.6 Å². The average Bonchev–Trinajstić information content (AvgIpc) is 3.56. The van der Waals surface area contributed by atoms with E-state index < -0.39 is 6.61 Å². The second kappa shape index (κ2) is 21.5. The van der Waals surface area contributed by atoms with Crippen molar-refractivity contribution in [3.63, 3.8) is 0 Å². The van der Waals surface area contributed by atoms with Crippen LogP contribution in [0.15, 0.2) is 85.2 Å². The van der Waals surface area contributed by atoms with Gasteiger partial charge in [-0.2, -0.15) is 13.9 Å². The maximum Gasteiger partial charge on any atom is 0.387 e. The van der Waals surface area contributed by atoms with Gasteiger partial charge in [0.2, 0.25) is 0 Å². The van der Waals surface area contributed by atoms with Crippen LogP contribution < -0.4 is 32.8 Å². The van der Waals surface area contributed by atoms with Crippen molar-refractivity contribution in [3.05, 3.63) is 96.3 Å². The first-order valence-electron chi connectivity index (χ1n) is 15.2. The predicted molar refractivity (Wildman–Crippen MR) is 176 cm³/mol. The molecule has 0 bridgehead atoms. The van der Waals surface area contributed by atoms with Crippen LogP contribution in [-0.4, -0.2) is 34.0 Å². The summed E-state index contributed by atoms with van der Waals surface area (Å²) in [5.41, 5.74) is 16.7. The minimum absolute atomic E-state index is 0.166. The van der Waals surface area contributed by atoms with Gasteiger partial charge in [0.25, 0.3) is 0 Å². The Hall–Kier alpha value is -4.22. The Bertz CT molecular complexity index is 1240. The van der Waals surface area contributed by atoms with Crippen molar-refractivity contribution in [1.82, 2.24) is 20.1 Å². The van der Waals surface area contributed by atoms with E-state index in [0.717, 1.165) is 30.5 Å². The number of anilines is 3. The van der Waals surface area contributed by atoms with Gasteiger partial charge in [0.1, 0.15) is 11.6 Å². The minimum atomic E-state index is -2.79. The largest absolute Gasteiger partial charge is 0.435 e. The van der Waals surface area contributed by atoms with Crippen LogP contribution in [0, 0.1) is 0 Å². The molecule has 44 heavy (non-hydrogen) atoms. The molecule has 0 unspecified atom stereocenters. The van der Waals surface area contributed by atoms with E-state index in [4.69, 9.17) is 17.3 Å². The molecule has 2 aromatic carbocycles. The highest BCUT2D eigenvalue weighted by Crippen LogP contribution is 2.23. The molecule has 11 heteroatoms. The first-order chi connectivity index (χ1) is 21.4. The number of hydrogen-bond acceptors (Lipinski definition) is 8. The molecule has 8 N–H and O–H groups in total. The minimum Gasteiger partial charge on any atom is -0.435 e. The highest BCUT2D eigenvalue weighted by atomic mass is 19.3. The summed E-state index contributed by atoms with van der Waals surface area (Å²) < 4.78 is 30.0. The number of rotatable bonds is 10. The van der Waals surface area contributed by atoms with E-state index in [-0.39, 0.29) is 5.75 Å². The molecule has 240 valence electrons. The summed E-state index contributed by atoms with van der Waals surface area (Å²) in [6, 6.07) is 22.9. The molecule has 0 atom stereocenters. The van der Waals surface area contributed by atoms with Gasteiger partial charge < -0.3 is 26.9 Å². The van der Waals surface area contributed by atoms with Crippen molar-refractivity contribution >= 4 is 17.3 Å². The van der Waals surface area contributed by atoms with E-state index in [1.807, 2.05) is 62.4 Å². The summed E-state index contributed by atoms with van der Waals surface area (Å²) >= 11 is 0. The Kier molecular flexibility index (Phi) is 17.6. The number of alkyl halides is 2. The Morgan fingerprint density at radius 2 is 1.64 bits per heavy atom. The van der Waals surface area contributed by atoms with Crippen LogP contribution in [0.1, 0.15) is 63.5 Å². The van der Waals surface area contributed by atoms with Crippen LogP contribution in [0.4, 0.5) is 26.1 Å². The van der Waals surface area contributed by atoms with Crippen molar-refractivity contribution < 1.29 is 13.5 Å². The molecule has 0 saturated heterocycles. The topological polar surface area (TPSA) is 142 Å². The van der Waals surface area contributed by atoms with Crippen LogP contribution in [-0.2, 0) is 13.0 Å². The molecule has 2 heterocycles. The van der Waals surface area contributed by atoms with Gasteiger partial charge in [-0.25, -0.2) is 10.8 Å². The van der Waals surface area contributed by atoms with Crippen molar-refractivity contribution in [1.29, 1.82) is 0 Å². The zero-order chi connectivity index (χ0) is 32.0. The molecular formula is C33H48F2N8O. The number of hydrogen-bond donors (Lipinski definition) is 5. The Labute approximate surface area is 260 Å². The maximum absolute atomic E-state index is 12.0. The highest BCUT2D eigenvalue weighted by molar-refractivity contribution is 5.68. The number of halogens is 2. The molecule has 1 aliphatic rings. The number of benzene rings is 2. The van der Waals surface area contributed by atoms with Crippen molar-refractivity contribution in [3.8, 4) is 5.75 Å². The smallest absolute Gasteiger partial charge is 0.387 e. The van der Waals surface area contributed by atoms with E-state index in [9.17, 15) is 8.78 Å². The second-order valence-corrected chi connectivity index (χ2v) is 9.89. The van der Waals surface area contributed by atoms with Crippen molar-refractivity contribution in [2.75, 3.05) is 23.4 Å². The molecule has 5 rings (SSSR count). The Morgan fingerprint density at radius 1 is 0.955 bits per heavy atom. The molecule has 1 saturated carbocycles. The van der Waals surface area contributed by atoms with Gasteiger partial charge >= 0.3 is 6.61 Å². The number of nitrogens with two attached hydrogens (primary N) is 3. The van der Waals surface area contributed by atoms with Gasteiger partial charge in [0.15, 0.2) is 5.82 Å². The molecule has 0 spiro atoms. The van der Waals surface area contributed by atoms with E-state index in [0.29, 0.717) is 29.9 Å². The fraction of sp³-hybridized carbons (Fsp3) is 0.394. The SMILES string of the molecule is CC.FC(F)Oc1cccc(Cn2cccn2)c1.NNc1nc(N)cc(CCCNC2CCCCC2)c1N.c1ccccc1. The van der Waals surface area contributed by atoms with Crippen LogP contribution in [0.2, 0.25) is 0 Å². The summed E-state index contributed by atoms with van der Waals surface area (Å²) in [5.74, 6) is 6.45. The van der Waals surface area contributed by atoms with Crippen LogP contribution in [0.5, 0.6) is 5.75 Å². The molecular weight excluding hydrogens is 562 g/mol. The monoisotopic (exact) mass is 610 g/mol.